The first-order valence-electron chi connectivity index (χ1n) is 7.12. The minimum atomic E-state index is -0.255. The first kappa shape index (κ1) is 14.3. The van der Waals surface area contributed by atoms with E-state index in [0.29, 0.717) is 24.7 Å². The van der Waals surface area contributed by atoms with Crippen molar-refractivity contribution < 1.29 is 14.3 Å². The highest BCUT2D eigenvalue weighted by Crippen LogP contribution is 2.32. The van der Waals surface area contributed by atoms with Crippen molar-refractivity contribution in [2.24, 2.45) is 0 Å². The fraction of sp³-hybridized carbons (Fsp3) is 0.312. The topological polar surface area (TPSA) is 73.3 Å². The Balaban J connectivity index is 1.72. The SMILES string of the molecule is Cc1cnc(C(=O)NC(C)c2ccc3c(c2)OCCO3)cn1. The fourth-order valence-electron chi connectivity index (χ4n) is 2.19. The molecule has 2 heterocycles. The Kier molecular flexibility index (Phi) is 3.91. The molecule has 2 aromatic rings. The van der Waals surface area contributed by atoms with Crippen LogP contribution in [0.15, 0.2) is 30.6 Å². The average Bonchev–Trinajstić information content (AvgIpc) is 2.55. The van der Waals surface area contributed by atoms with E-state index in [2.05, 4.69) is 15.3 Å². The molecular formula is C16H17N3O3. The lowest BCUT2D eigenvalue weighted by Crippen LogP contribution is -2.27. The van der Waals surface area contributed by atoms with E-state index in [4.69, 9.17) is 9.47 Å². The van der Waals surface area contributed by atoms with E-state index in [1.54, 1.807) is 6.20 Å². The van der Waals surface area contributed by atoms with E-state index in [0.717, 1.165) is 17.0 Å². The second-order valence-corrected chi connectivity index (χ2v) is 5.14. The van der Waals surface area contributed by atoms with E-state index in [1.165, 1.54) is 6.20 Å². The molecule has 1 aromatic carbocycles. The molecule has 1 atom stereocenters. The minimum absolute atomic E-state index is 0.175. The number of aromatic nitrogens is 2. The van der Waals surface area contributed by atoms with Gasteiger partial charge in [0.05, 0.1) is 17.9 Å². The number of nitrogens with one attached hydrogen (secondary N) is 1. The first-order valence-corrected chi connectivity index (χ1v) is 7.12. The molecule has 0 fully saturated rings. The lowest BCUT2D eigenvalue weighted by Gasteiger charge is -2.21. The molecule has 114 valence electrons. The van der Waals surface area contributed by atoms with E-state index in [9.17, 15) is 4.79 Å². The van der Waals surface area contributed by atoms with Gasteiger partial charge in [0.2, 0.25) is 0 Å². The summed E-state index contributed by atoms with van der Waals surface area (Å²) in [5.74, 6) is 1.19. The minimum Gasteiger partial charge on any atom is -0.486 e. The second-order valence-electron chi connectivity index (χ2n) is 5.14. The van der Waals surface area contributed by atoms with Crippen LogP contribution < -0.4 is 14.8 Å². The molecule has 0 saturated heterocycles. The molecule has 22 heavy (non-hydrogen) atoms. The molecule has 1 N–H and O–H groups in total. The third-order valence-electron chi connectivity index (χ3n) is 3.43. The second kappa shape index (κ2) is 6.01. The highest BCUT2D eigenvalue weighted by atomic mass is 16.6. The van der Waals surface area contributed by atoms with Crippen LogP contribution >= 0.6 is 0 Å². The summed E-state index contributed by atoms with van der Waals surface area (Å²) >= 11 is 0. The number of carbonyl (C=O) groups is 1. The van der Waals surface area contributed by atoms with E-state index >= 15 is 0 Å². The van der Waals surface area contributed by atoms with Crippen LogP contribution in [0.25, 0.3) is 0 Å². The van der Waals surface area contributed by atoms with Gasteiger partial charge in [-0.05, 0) is 31.5 Å². The lowest BCUT2D eigenvalue weighted by molar-refractivity contribution is 0.0934. The molecule has 0 bridgehead atoms. The zero-order valence-corrected chi connectivity index (χ0v) is 12.5. The maximum atomic E-state index is 12.2. The highest BCUT2D eigenvalue weighted by Gasteiger charge is 2.17. The zero-order valence-electron chi connectivity index (χ0n) is 12.5. The van der Waals surface area contributed by atoms with E-state index in [-0.39, 0.29) is 11.9 Å². The maximum Gasteiger partial charge on any atom is 0.271 e. The molecule has 0 spiro atoms. The first-order chi connectivity index (χ1) is 10.6. The number of benzene rings is 1. The van der Waals surface area contributed by atoms with Gasteiger partial charge in [0, 0.05) is 6.20 Å². The molecule has 1 aromatic heterocycles. The van der Waals surface area contributed by atoms with E-state index in [1.807, 2.05) is 32.0 Å². The highest BCUT2D eigenvalue weighted by molar-refractivity contribution is 5.92. The molecule has 0 saturated carbocycles. The van der Waals surface area contributed by atoms with Gasteiger partial charge in [0.15, 0.2) is 11.5 Å². The Morgan fingerprint density at radius 3 is 2.68 bits per heavy atom. The van der Waals surface area contributed by atoms with Crippen LogP contribution in [0.1, 0.15) is 34.7 Å². The van der Waals surface area contributed by atoms with Crippen LogP contribution in [0.5, 0.6) is 11.5 Å². The predicted octanol–water partition coefficient (Wildman–Crippen LogP) is 2.05. The van der Waals surface area contributed by atoms with Crippen molar-refractivity contribution in [2.45, 2.75) is 19.9 Å². The zero-order chi connectivity index (χ0) is 15.5. The van der Waals surface area contributed by atoms with Crippen LogP contribution in [-0.4, -0.2) is 29.1 Å². The summed E-state index contributed by atoms with van der Waals surface area (Å²) in [7, 11) is 0. The van der Waals surface area contributed by atoms with Crippen molar-refractivity contribution in [1.29, 1.82) is 0 Å². The summed E-state index contributed by atoms with van der Waals surface area (Å²) in [6.45, 7) is 4.83. The summed E-state index contributed by atoms with van der Waals surface area (Å²) in [6.07, 6.45) is 3.05. The van der Waals surface area contributed by atoms with E-state index < -0.39 is 0 Å². The standard InChI is InChI=1S/C16H17N3O3/c1-10-8-18-13(9-17-10)16(20)19-11(2)12-3-4-14-15(7-12)22-6-5-21-14/h3-4,7-9,11H,5-6H2,1-2H3,(H,19,20). The van der Waals surface area contributed by atoms with Gasteiger partial charge in [-0.15, -0.1) is 0 Å². The number of aryl methyl sites for hydroxylation is 1. The molecule has 3 rings (SSSR count). The van der Waals surface area contributed by atoms with Crippen molar-refractivity contribution in [1.82, 2.24) is 15.3 Å². The molecule has 1 unspecified atom stereocenters. The van der Waals surface area contributed by atoms with Gasteiger partial charge in [0.25, 0.3) is 5.91 Å². The largest absolute Gasteiger partial charge is 0.486 e. The number of amides is 1. The molecular weight excluding hydrogens is 282 g/mol. The van der Waals surface area contributed by atoms with Gasteiger partial charge in [-0.25, -0.2) is 4.98 Å². The normalized spacial score (nSPS) is 14.3. The predicted molar refractivity (Wildman–Crippen MR) is 80.1 cm³/mol. The monoisotopic (exact) mass is 299 g/mol. The third kappa shape index (κ3) is 3.00. The Labute approximate surface area is 128 Å². The van der Waals surface area contributed by atoms with Crippen molar-refractivity contribution >= 4 is 5.91 Å². The summed E-state index contributed by atoms with van der Waals surface area (Å²) in [6, 6.07) is 5.49. The number of nitrogens with zero attached hydrogens (tertiary/aromatic N) is 2. The molecule has 1 aliphatic rings. The van der Waals surface area contributed by atoms with Gasteiger partial charge in [-0.1, -0.05) is 6.07 Å². The Morgan fingerprint density at radius 2 is 1.95 bits per heavy atom. The lowest BCUT2D eigenvalue weighted by atomic mass is 10.1. The Hall–Kier alpha value is -2.63. The van der Waals surface area contributed by atoms with Crippen molar-refractivity contribution in [3.63, 3.8) is 0 Å². The number of rotatable bonds is 3. The van der Waals surface area contributed by atoms with Gasteiger partial charge >= 0.3 is 0 Å². The maximum absolute atomic E-state index is 12.2. The van der Waals surface area contributed by atoms with Gasteiger partial charge < -0.3 is 14.8 Å². The number of carbonyl (C=O) groups excluding carboxylic acids is 1. The summed E-state index contributed by atoms with van der Waals surface area (Å²) < 4.78 is 11.0. The third-order valence-corrected chi connectivity index (χ3v) is 3.43. The van der Waals surface area contributed by atoms with Crippen molar-refractivity contribution in [3.8, 4) is 11.5 Å². The van der Waals surface area contributed by atoms with Crippen LogP contribution in [-0.2, 0) is 0 Å². The van der Waals surface area contributed by atoms with Gasteiger partial charge in [0.1, 0.15) is 18.9 Å². The Bertz CT molecular complexity index is 686. The molecule has 0 radical (unpaired) electrons. The number of hydrogen-bond donors (Lipinski definition) is 1. The van der Waals surface area contributed by atoms with Gasteiger partial charge in [-0.3, -0.25) is 9.78 Å². The summed E-state index contributed by atoms with van der Waals surface area (Å²) in [4.78, 5) is 20.3. The number of hydrogen-bond acceptors (Lipinski definition) is 5. The molecule has 1 aliphatic heterocycles. The quantitative estimate of drug-likeness (QED) is 0.939. The van der Waals surface area contributed by atoms with Crippen molar-refractivity contribution in [3.05, 3.63) is 47.5 Å². The summed E-state index contributed by atoms with van der Waals surface area (Å²) in [5.41, 5.74) is 2.02. The van der Waals surface area contributed by atoms with Crippen LogP contribution in [0.4, 0.5) is 0 Å². The molecule has 1 amide bonds. The Morgan fingerprint density at radius 1 is 1.18 bits per heavy atom. The van der Waals surface area contributed by atoms with Gasteiger partial charge in [-0.2, -0.15) is 0 Å². The molecule has 6 heteroatoms. The average molecular weight is 299 g/mol. The van der Waals surface area contributed by atoms with Crippen LogP contribution in [0.2, 0.25) is 0 Å². The van der Waals surface area contributed by atoms with Crippen LogP contribution in [0.3, 0.4) is 0 Å². The summed E-state index contributed by atoms with van der Waals surface area (Å²) in [5, 5.41) is 2.90. The van der Waals surface area contributed by atoms with Crippen molar-refractivity contribution in [2.75, 3.05) is 13.2 Å². The number of fused-ring (bicyclic) bond motifs is 1. The molecule has 0 aliphatic carbocycles. The molecule has 6 nitrogen and oxygen atoms in total. The number of ether oxygens (including phenoxy) is 2. The van der Waals surface area contributed by atoms with Crippen LogP contribution in [0, 0.1) is 6.92 Å². The fourth-order valence-corrected chi connectivity index (χ4v) is 2.19. The smallest absolute Gasteiger partial charge is 0.271 e.